The molecule has 0 saturated heterocycles. The van der Waals surface area contributed by atoms with Gasteiger partial charge < -0.3 is 31.1 Å². The van der Waals surface area contributed by atoms with Gasteiger partial charge in [0.25, 0.3) is 11.8 Å². The maximum Gasteiger partial charge on any atom is 0.255 e. The van der Waals surface area contributed by atoms with Gasteiger partial charge in [-0.2, -0.15) is 0 Å². The second-order valence-electron chi connectivity index (χ2n) is 9.21. The summed E-state index contributed by atoms with van der Waals surface area (Å²) in [7, 11) is 7.25. The molecule has 0 heterocycles. The van der Waals surface area contributed by atoms with E-state index in [2.05, 4.69) is 21.3 Å². The highest BCUT2D eigenvalue weighted by Crippen LogP contribution is 2.17. The average Bonchev–Trinajstić information content (AvgIpc) is 2.85. The second-order valence-corrected chi connectivity index (χ2v) is 9.21. The molecule has 0 spiro atoms. The molecule has 0 bridgehead atoms. The minimum absolute atomic E-state index is 0.128. The van der Waals surface area contributed by atoms with Crippen LogP contribution in [0.3, 0.4) is 0 Å². The van der Waals surface area contributed by atoms with Crippen LogP contribution < -0.4 is 21.3 Å². The van der Waals surface area contributed by atoms with Gasteiger partial charge in [0.1, 0.15) is 0 Å². The highest BCUT2D eigenvalue weighted by Gasteiger charge is 2.11. The lowest BCUT2D eigenvalue weighted by Crippen LogP contribution is -2.27. The lowest BCUT2D eigenvalue weighted by Gasteiger charge is -2.11. The minimum Gasteiger partial charge on any atom is -0.325 e. The Morgan fingerprint density at radius 1 is 0.474 bits per heavy atom. The van der Waals surface area contributed by atoms with Crippen LogP contribution in [0.2, 0.25) is 0 Å². The summed E-state index contributed by atoms with van der Waals surface area (Å²) in [5, 5.41) is 11.2. The van der Waals surface area contributed by atoms with Crippen molar-refractivity contribution in [1.29, 1.82) is 0 Å². The average molecular weight is 517 g/mol. The molecule has 0 aliphatic heterocycles. The van der Waals surface area contributed by atoms with Crippen molar-refractivity contribution >= 4 is 46.4 Å². The fourth-order valence-corrected chi connectivity index (χ4v) is 3.43. The summed E-state index contributed by atoms with van der Waals surface area (Å²) in [6.07, 6.45) is 0. The van der Waals surface area contributed by atoms with Gasteiger partial charge in [-0.1, -0.05) is 0 Å². The number of nitrogens with one attached hydrogen (secondary N) is 4. The van der Waals surface area contributed by atoms with Crippen LogP contribution in [0.4, 0.5) is 22.7 Å². The standard InChI is InChI=1S/C28H32N6O4/c1-33(2)17-25(35)29-21-9-13-23(14-10-21)31-27(37)19-5-7-20(8-6-19)28(38)32-24-15-11-22(12-16-24)30-26(36)18-34(3)4/h5-16H,17-18H2,1-4H3,(H,29,35)(H,30,36)(H,31,37)(H,32,38). The molecule has 0 saturated carbocycles. The van der Waals surface area contributed by atoms with E-state index in [9.17, 15) is 19.2 Å². The van der Waals surface area contributed by atoms with E-state index >= 15 is 0 Å². The molecular weight excluding hydrogens is 484 g/mol. The van der Waals surface area contributed by atoms with Crippen LogP contribution in [0.15, 0.2) is 72.8 Å². The van der Waals surface area contributed by atoms with E-state index in [4.69, 9.17) is 0 Å². The molecule has 198 valence electrons. The second kappa shape index (κ2) is 13.1. The molecule has 10 heteroatoms. The highest BCUT2D eigenvalue weighted by molar-refractivity contribution is 6.07. The van der Waals surface area contributed by atoms with Crippen molar-refractivity contribution in [2.45, 2.75) is 0 Å². The number of amides is 4. The molecule has 3 aromatic carbocycles. The van der Waals surface area contributed by atoms with Gasteiger partial charge in [0, 0.05) is 33.9 Å². The molecule has 10 nitrogen and oxygen atoms in total. The smallest absolute Gasteiger partial charge is 0.255 e. The normalized spacial score (nSPS) is 10.7. The zero-order valence-electron chi connectivity index (χ0n) is 21.9. The fraction of sp³-hybridized carbons (Fsp3) is 0.214. The van der Waals surface area contributed by atoms with Crippen molar-refractivity contribution in [3.8, 4) is 0 Å². The maximum atomic E-state index is 12.6. The molecule has 4 N–H and O–H groups in total. The third kappa shape index (κ3) is 8.84. The molecule has 3 rings (SSSR count). The Bertz CT molecular complexity index is 1170. The van der Waals surface area contributed by atoms with Gasteiger partial charge in [0.2, 0.25) is 11.8 Å². The number of anilines is 4. The number of carbonyl (C=O) groups is 4. The minimum atomic E-state index is -0.326. The largest absolute Gasteiger partial charge is 0.325 e. The molecule has 0 aliphatic carbocycles. The number of nitrogens with zero attached hydrogens (tertiary/aromatic N) is 2. The van der Waals surface area contributed by atoms with Crippen LogP contribution in [0.1, 0.15) is 20.7 Å². The van der Waals surface area contributed by atoms with Crippen molar-refractivity contribution < 1.29 is 19.2 Å². The first-order valence-electron chi connectivity index (χ1n) is 11.9. The summed E-state index contributed by atoms with van der Waals surface area (Å²) in [6, 6.07) is 19.9. The molecule has 3 aromatic rings. The van der Waals surface area contributed by atoms with Crippen LogP contribution in [0, 0.1) is 0 Å². The third-order valence-electron chi connectivity index (χ3n) is 5.18. The highest BCUT2D eigenvalue weighted by atomic mass is 16.2. The van der Waals surface area contributed by atoms with E-state index in [0.717, 1.165) is 0 Å². The number of rotatable bonds is 10. The van der Waals surface area contributed by atoms with Gasteiger partial charge in [-0.3, -0.25) is 19.2 Å². The fourth-order valence-electron chi connectivity index (χ4n) is 3.43. The van der Waals surface area contributed by atoms with E-state index in [-0.39, 0.29) is 36.7 Å². The number of hydrogen-bond acceptors (Lipinski definition) is 6. The number of carbonyl (C=O) groups excluding carboxylic acids is 4. The van der Waals surface area contributed by atoms with E-state index in [1.807, 2.05) is 28.2 Å². The Balaban J connectivity index is 1.52. The summed E-state index contributed by atoms with van der Waals surface area (Å²) in [5.41, 5.74) is 3.20. The molecule has 0 fully saturated rings. The van der Waals surface area contributed by atoms with Gasteiger partial charge in [0.15, 0.2) is 0 Å². The van der Waals surface area contributed by atoms with E-state index in [0.29, 0.717) is 33.9 Å². The first-order chi connectivity index (χ1) is 18.1. The zero-order valence-corrected chi connectivity index (χ0v) is 21.9. The van der Waals surface area contributed by atoms with Crippen molar-refractivity contribution in [3.63, 3.8) is 0 Å². The van der Waals surface area contributed by atoms with E-state index in [1.54, 1.807) is 82.6 Å². The monoisotopic (exact) mass is 516 g/mol. The van der Waals surface area contributed by atoms with Crippen LogP contribution in [-0.2, 0) is 9.59 Å². The molecule has 4 amide bonds. The Labute approximate surface area is 222 Å². The van der Waals surface area contributed by atoms with Gasteiger partial charge in [-0.25, -0.2) is 0 Å². The quantitative estimate of drug-likeness (QED) is 0.328. The predicted octanol–water partition coefficient (Wildman–Crippen LogP) is 3.19. The molecular formula is C28H32N6O4. The number of hydrogen-bond donors (Lipinski definition) is 4. The van der Waals surface area contributed by atoms with E-state index < -0.39 is 0 Å². The first-order valence-corrected chi connectivity index (χ1v) is 11.9. The maximum absolute atomic E-state index is 12.6. The SMILES string of the molecule is CN(C)CC(=O)Nc1ccc(NC(=O)c2ccc(C(=O)Nc3ccc(NC(=O)CN(C)C)cc3)cc2)cc1. The Morgan fingerprint density at radius 3 is 1.00 bits per heavy atom. The third-order valence-corrected chi connectivity index (χ3v) is 5.18. The lowest BCUT2D eigenvalue weighted by atomic mass is 10.1. The summed E-state index contributed by atoms with van der Waals surface area (Å²) in [5.74, 6) is -0.907. The zero-order chi connectivity index (χ0) is 27.7. The van der Waals surface area contributed by atoms with E-state index in [1.165, 1.54) is 0 Å². The van der Waals surface area contributed by atoms with Crippen LogP contribution in [0.25, 0.3) is 0 Å². The molecule has 0 atom stereocenters. The lowest BCUT2D eigenvalue weighted by molar-refractivity contribution is -0.117. The van der Waals surface area contributed by atoms with Gasteiger partial charge in [0.05, 0.1) is 13.1 Å². The van der Waals surface area contributed by atoms with Crippen LogP contribution in [-0.4, -0.2) is 74.7 Å². The van der Waals surface area contributed by atoms with Crippen molar-refractivity contribution in [2.75, 3.05) is 62.5 Å². The van der Waals surface area contributed by atoms with Crippen LogP contribution in [0.5, 0.6) is 0 Å². The number of likely N-dealkylation sites (N-methyl/N-ethyl adjacent to an activating group) is 2. The van der Waals surface area contributed by atoms with Crippen molar-refractivity contribution in [1.82, 2.24) is 9.80 Å². The van der Waals surface area contributed by atoms with Crippen molar-refractivity contribution in [2.24, 2.45) is 0 Å². The van der Waals surface area contributed by atoms with Gasteiger partial charge in [-0.15, -0.1) is 0 Å². The molecule has 0 unspecified atom stereocenters. The first kappa shape index (κ1) is 28.0. The molecule has 0 aliphatic rings. The Morgan fingerprint density at radius 2 is 0.737 bits per heavy atom. The van der Waals surface area contributed by atoms with Gasteiger partial charge >= 0.3 is 0 Å². The number of benzene rings is 3. The topological polar surface area (TPSA) is 123 Å². The molecule has 0 radical (unpaired) electrons. The Hall–Kier alpha value is -4.54. The molecule has 38 heavy (non-hydrogen) atoms. The molecule has 0 aromatic heterocycles. The van der Waals surface area contributed by atoms with Gasteiger partial charge in [-0.05, 0) is 101 Å². The van der Waals surface area contributed by atoms with Crippen LogP contribution >= 0.6 is 0 Å². The summed E-state index contributed by atoms with van der Waals surface area (Å²) in [4.78, 5) is 52.5. The van der Waals surface area contributed by atoms with Crippen molar-refractivity contribution in [3.05, 3.63) is 83.9 Å². The summed E-state index contributed by atoms with van der Waals surface area (Å²) >= 11 is 0. The summed E-state index contributed by atoms with van der Waals surface area (Å²) < 4.78 is 0. The Kier molecular flexibility index (Phi) is 9.69. The predicted molar refractivity (Wildman–Crippen MR) is 150 cm³/mol. The summed E-state index contributed by atoms with van der Waals surface area (Å²) in [6.45, 7) is 0.547.